The van der Waals surface area contributed by atoms with Crippen LogP contribution < -0.4 is 0 Å². The van der Waals surface area contributed by atoms with E-state index in [1.807, 2.05) is 18.2 Å². The maximum Gasteiger partial charge on any atom is 0.339 e. The SMILES string of the molecule is CCC(C)CC(CCOC(=O)c1ccccc1S(=O)(=O)O)c1ccccc1. The van der Waals surface area contributed by atoms with Crippen LogP contribution in [0.2, 0.25) is 0 Å². The third-order valence-corrected chi connectivity index (χ3v) is 5.65. The molecule has 0 radical (unpaired) electrons. The molecule has 0 heterocycles. The van der Waals surface area contributed by atoms with Crippen molar-refractivity contribution >= 4 is 16.1 Å². The zero-order valence-electron chi connectivity index (χ0n) is 15.7. The van der Waals surface area contributed by atoms with Gasteiger partial charge < -0.3 is 4.74 Å². The highest BCUT2D eigenvalue weighted by Gasteiger charge is 2.21. The van der Waals surface area contributed by atoms with Crippen LogP contribution in [0.1, 0.15) is 54.9 Å². The second-order valence-electron chi connectivity index (χ2n) is 6.75. The van der Waals surface area contributed by atoms with Gasteiger partial charge in [-0.2, -0.15) is 8.42 Å². The second kappa shape index (κ2) is 9.67. The molecule has 146 valence electrons. The van der Waals surface area contributed by atoms with E-state index in [1.165, 1.54) is 29.8 Å². The third-order valence-electron chi connectivity index (χ3n) is 4.74. The Morgan fingerprint density at radius 3 is 2.33 bits per heavy atom. The molecule has 2 aromatic rings. The van der Waals surface area contributed by atoms with Crippen LogP contribution in [0.4, 0.5) is 0 Å². The smallest absolute Gasteiger partial charge is 0.339 e. The summed E-state index contributed by atoms with van der Waals surface area (Å²) in [7, 11) is -4.48. The lowest BCUT2D eigenvalue weighted by Gasteiger charge is -2.21. The molecule has 6 heteroatoms. The van der Waals surface area contributed by atoms with Crippen molar-refractivity contribution in [2.24, 2.45) is 5.92 Å². The molecule has 2 aromatic carbocycles. The Kier molecular flexibility index (Phi) is 7.56. The van der Waals surface area contributed by atoms with Crippen LogP contribution in [-0.2, 0) is 14.9 Å². The van der Waals surface area contributed by atoms with Gasteiger partial charge in [-0.05, 0) is 42.4 Å². The van der Waals surface area contributed by atoms with Crippen LogP contribution in [0.25, 0.3) is 0 Å². The fourth-order valence-electron chi connectivity index (χ4n) is 3.03. The molecule has 2 atom stereocenters. The summed E-state index contributed by atoms with van der Waals surface area (Å²) in [4.78, 5) is 11.9. The van der Waals surface area contributed by atoms with Crippen LogP contribution in [0, 0.1) is 5.92 Å². The maximum atomic E-state index is 12.3. The number of benzene rings is 2. The van der Waals surface area contributed by atoms with E-state index in [1.54, 1.807) is 0 Å². The van der Waals surface area contributed by atoms with Gasteiger partial charge in [0.15, 0.2) is 0 Å². The van der Waals surface area contributed by atoms with Crippen LogP contribution in [0.3, 0.4) is 0 Å². The lowest BCUT2D eigenvalue weighted by atomic mass is 9.86. The van der Waals surface area contributed by atoms with Crippen LogP contribution in [-0.4, -0.2) is 25.5 Å². The first-order valence-electron chi connectivity index (χ1n) is 9.11. The molecule has 0 saturated heterocycles. The lowest BCUT2D eigenvalue weighted by Crippen LogP contribution is -2.14. The van der Waals surface area contributed by atoms with E-state index in [0.29, 0.717) is 12.3 Å². The van der Waals surface area contributed by atoms with E-state index >= 15 is 0 Å². The largest absolute Gasteiger partial charge is 0.462 e. The van der Waals surface area contributed by atoms with Gasteiger partial charge in [-0.1, -0.05) is 62.7 Å². The molecule has 2 unspecified atom stereocenters. The summed E-state index contributed by atoms with van der Waals surface area (Å²) in [6, 6.07) is 15.6. The Balaban J connectivity index is 2.06. The number of rotatable bonds is 9. The number of hydrogen-bond acceptors (Lipinski definition) is 4. The monoisotopic (exact) mass is 390 g/mol. The van der Waals surface area contributed by atoms with Gasteiger partial charge in [0.2, 0.25) is 0 Å². The lowest BCUT2D eigenvalue weighted by molar-refractivity contribution is 0.0485. The first-order valence-corrected chi connectivity index (χ1v) is 10.6. The predicted octanol–water partition coefficient (Wildman–Crippen LogP) is 4.70. The summed E-state index contributed by atoms with van der Waals surface area (Å²) in [6.45, 7) is 4.53. The highest BCUT2D eigenvalue weighted by molar-refractivity contribution is 7.86. The van der Waals surface area contributed by atoms with Gasteiger partial charge in [0.1, 0.15) is 4.90 Å². The summed E-state index contributed by atoms with van der Waals surface area (Å²) >= 11 is 0. The minimum absolute atomic E-state index is 0.154. The molecule has 0 aliphatic carbocycles. The summed E-state index contributed by atoms with van der Waals surface area (Å²) in [5.41, 5.74) is 1.05. The molecule has 27 heavy (non-hydrogen) atoms. The summed E-state index contributed by atoms with van der Waals surface area (Å²) < 4.78 is 37.4. The Morgan fingerprint density at radius 2 is 1.70 bits per heavy atom. The van der Waals surface area contributed by atoms with Crippen molar-refractivity contribution in [2.75, 3.05) is 6.61 Å². The minimum Gasteiger partial charge on any atom is -0.462 e. The predicted molar refractivity (Wildman–Crippen MR) is 104 cm³/mol. The van der Waals surface area contributed by atoms with Crippen LogP contribution in [0.5, 0.6) is 0 Å². The van der Waals surface area contributed by atoms with Crippen molar-refractivity contribution < 1.29 is 22.5 Å². The molecule has 0 fully saturated rings. The molecule has 5 nitrogen and oxygen atoms in total. The zero-order valence-corrected chi connectivity index (χ0v) is 16.5. The van der Waals surface area contributed by atoms with Gasteiger partial charge in [0.25, 0.3) is 10.1 Å². The average molecular weight is 391 g/mol. The van der Waals surface area contributed by atoms with Crippen molar-refractivity contribution in [1.82, 2.24) is 0 Å². The standard InChI is InChI=1S/C21H26O5S/c1-3-16(2)15-18(17-9-5-4-6-10-17)13-14-26-21(22)19-11-7-8-12-20(19)27(23,24)25/h4-12,16,18H,3,13-15H2,1-2H3,(H,23,24,25). The van der Waals surface area contributed by atoms with Crippen molar-refractivity contribution in [3.05, 3.63) is 65.7 Å². The van der Waals surface area contributed by atoms with E-state index in [0.717, 1.165) is 12.8 Å². The van der Waals surface area contributed by atoms with Gasteiger partial charge in [-0.25, -0.2) is 4.79 Å². The highest BCUT2D eigenvalue weighted by Crippen LogP contribution is 2.28. The normalized spacial score (nSPS) is 13.7. The van der Waals surface area contributed by atoms with Crippen molar-refractivity contribution in [2.45, 2.75) is 43.9 Å². The van der Waals surface area contributed by atoms with Crippen LogP contribution >= 0.6 is 0 Å². The number of ether oxygens (including phenoxy) is 1. The van der Waals surface area contributed by atoms with Crippen molar-refractivity contribution in [1.29, 1.82) is 0 Å². The highest BCUT2D eigenvalue weighted by atomic mass is 32.2. The Morgan fingerprint density at radius 1 is 1.07 bits per heavy atom. The maximum absolute atomic E-state index is 12.3. The number of carbonyl (C=O) groups excluding carboxylic acids is 1. The van der Waals surface area contributed by atoms with E-state index in [4.69, 9.17) is 4.74 Å². The third kappa shape index (κ3) is 6.19. The molecule has 2 rings (SSSR count). The first-order chi connectivity index (χ1) is 12.8. The van der Waals surface area contributed by atoms with E-state index in [2.05, 4.69) is 26.0 Å². The molecule has 0 bridgehead atoms. The minimum atomic E-state index is -4.48. The number of hydrogen-bond donors (Lipinski definition) is 1. The Hall–Kier alpha value is -2.18. The topological polar surface area (TPSA) is 80.7 Å². The number of esters is 1. The molecule has 0 aliphatic rings. The van der Waals surface area contributed by atoms with E-state index < -0.39 is 21.0 Å². The molecule has 1 N–H and O–H groups in total. The Labute approximate surface area is 161 Å². The fraction of sp³-hybridized carbons (Fsp3) is 0.381. The van der Waals surface area contributed by atoms with Gasteiger partial charge in [0.05, 0.1) is 12.2 Å². The number of carbonyl (C=O) groups is 1. The quantitative estimate of drug-likeness (QED) is 0.496. The van der Waals surface area contributed by atoms with E-state index in [9.17, 15) is 17.8 Å². The molecule has 0 saturated carbocycles. The zero-order chi connectivity index (χ0) is 19.9. The van der Waals surface area contributed by atoms with Crippen molar-refractivity contribution in [3.8, 4) is 0 Å². The van der Waals surface area contributed by atoms with Gasteiger partial charge in [0, 0.05) is 0 Å². The molecular weight excluding hydrogens is 364 g/mol. The van der Waals surface area contributed by atoms with Gasteiger partial charge >= 0.3 is 5.97 Å². The molecule has 0 spiro atoms. The summed E-state index contributed by atoms with van der Waals surface area (Å²) in [5, 5.41) is 0. The Bertz CT molecular complexity index is 846. The molecule has 0 amide bonds. The van der Waals surface area contributed by atoms with Gasteiger partial charge in [-0.15, -0.1) is 0 Å². The summed E-state index contributed by atoms with van der Waals surface area (Å²) in [6.07, 6.45) is 2.71. The first kappa shape index (κ1) is 21.1. The van der Waals surface area contributed by atoms with Crippen molar-refractivity contribution in [3.63, 3.8) is 0 Å². The van der Waals surface area contributed by atoms with Crippen LogP contribution in [0.15, 0.2) is 59.5 Å². The molecule has 0 aromatic heterocycles. The average Bonchev–Trinajstić information content (AvgIpc) is 2.67. The second-order valence-corrected chi connectivity index (χ2v) is 8.14. The molecular formula is C21H26O5S. The molecule has 0 aliphatic heterocycles. The summed E-state index contributed by atoms with van der Waals surface area (Å²) in [5.74, 6) is 0.0514. The van der Waals surface area contributed by atoms with E-state index in [-0.39, 0.29) is 18.1 Å². The van der Waals surface area contributed by atoms with Gasteiger partial charge in [-0.3, -0.25) is 4.55 Å². The fourth-order valence-corrected chi connectivity index (χ4v) is 3.71.